The van der Waals surface area contributed by atoms with Gasteiger partial charge in [0.1, 0.15) is 11.4 Å². The van der Waals surface area contributed by atoms with Crippen molar-refractivity contribution < 1.29 is 9.53 Å². The maximum absolute atomic E-state index is 12.4. The highest BCUT2D eigenvalue weighted by Gasteiger charge is 2.13. The van der Waals surface area contributed by atoms with E-state index in [-0.39, 0.29) is 5.91 Å². The van der Waals surface area contributed by atoms with Crippen molar-refractivity contribution in [3.8, 4) is 5.75 Å². The molecule has 0 radical (unpaired) electrons. The summed E-state index contributed by atoms with van der Waals surface area (Å²) in [7, 11) is 3.51. The molecule has 1 N–H and O–H groups in total. The van der Waals surface area contributed by atoms with Gasteiger partial charge >= 0.3 is 0 Å². The van der Waals surface area contributed by atoms with E-state index < -0.39 is 0 Å². The van der Waals surface area contributed by atoms with Crippen LogP contribution in [0.1, 0.15) is 15.9 Å². The smallest absolute Gasteiger partial charge is 0.253 e. The molecule has 5 heteroatoms. The summed E-state index contributed by atoms with van der Waals surface area (Å²) in [6.45, 7) is 0.472. The van der Waals surface area contributed by atoms with Gasteiger partial charge in [0, 0.05) is 31.4 Å². The largest absolute Gasteiger partial charge is 0.497 e. The molecular weight excluding hydrogens is 278 g/mol. The summed E-state index contributed by atoms with van der Waals surface area (Å²) < 4.78 is 6.98. The summed E-state index contributed by atoms with van der Waals surface area (Å²) in [6.07, 6.45) is 3.53. The zero-order chi connectivity index (χ0) is 15.5. The first-order valence-corrected chi connectivity index (χ1v) is 7.00. The molecule has 22 heavy (non-hydrogen) atoms. The summed E-state index contributed by atoms with van der Waals surface area (Å²) in [5, 5.41) is 3.80. The van der Waals surface area contributed by atoms with Crippen molar-refractivity contribution in [1.82, 2.24) is 14.9 Å². The van der Waals surface area contributed by atoms with E-state index in [1.54, 1.807) is 19.5 Å². The minimum Gasteiger partial charge on any atom is -0.497 e. The van der Waals surface area contributed by atoms with Crippen LogP contribution in [0.15, 0.2) is 48.8 Å². The molecule has 0 saturated carbocycles. The lowest BCUT2D eigenvalue weighted by Crippen LogP contribution is -2.22. The maximum Gasteiger partial charge on any atom is 0.253 e. The van der Waals surface area contributed by atoms with Gasteiger partial charge < -0.3 is 14.6 Å². The van der Waals surface area contributed by atoms with Gasteiger partial charge in [-0.2, -0.15) is 0 Å². The maximum atomic E-state index is 12.4. The molecule has 112 valence electrons. The van der Waals surface area contributed by atoms with Crippen LogP contribution < -0.4 is 10.1 Å². The van der Waals surface area contributed by atoms with Crippen LogP contribution in [0.4, 0.5) is 0 Å². The lowest BCUT2D eigenvalue weighted by atomic mass is 10.2. The first-order chi connectivity index (χ1) is 10.7. The third-order valence-electron chi connectivity index (χ3n) is 3.59. The zero-order valence-corrected chi connectivity index (χ0v) is 12.5. The Morgan fingerprint density at radius 1 is 1.27 bits per heavy atom. The Balaban J connectivity index is 1.75. The number of pyridine rings is 1. The molecule has 0 fully saturated rings. The van der Waals surface area contributed by atoms with E-state index >= 15 is 0 Å². The monoisotopic (exact) mass is 295 g/mol. The highest BCUT2D eigenvalue weighted by atomic mass is 16.5. The van der Waals surface area contributed by atoms with Gasteiger partial charge in [-0.25, -0.2) is 4.98 Å². The van der Waals surface area contributed by atoms with Crippen LogP contribution in [0.5, 0.6) is 5.75 Å². The first-order valence-electron chi connectivity index (χ1n) is 7.00. The molecular formula is C17H17N3O2. The molecule has 2 aromatic heterocycles. The van der Waals surface area contributed by atoms with Crippen LogP contribution in [-0.4, -0.2) is 22.6 Å². The molecule has 0 atom stereocenters. The van der Waals surface area contributed by atoms with Crippen LogP contribution in [0.3, 0.4) is 0 Å². The Labute approximate surface area is 128 Å². The van der Waals surface area contributed by atoms with Gasteiger partial charge in [0.15, 0.2) is 0 Å². The number of rotatable bonds is 4. The second kappa shape index (κ2) is 5.89. The van der Waals surface area contributed by atoms with Crippen molar-refractivity contribution >= 4 is 16.9 Å². The number of hydrogen-bond donors (Lipinski definition) is 1. The number of carbonyl (C=O) groups excluding carboxylic acids is 1. The SMILES string of the molecule is COc1ccc(CNC(=O)c2cn(C)c3ncccc23)cc1. The minimum atomic E-state index is -0.102. The van der Waals surface area contributed by atoms with Crippen LogP contribution in [0.2, 0.25) is 0 Å². The number of hydrogen-bond acceptors (Lipinski definition) is 3. The number of benzene rings is 1. The second-order valence-electron chi connectivity index (χ2n) is 5.06. The number of nitrogens with zero attached hydrogens (tertiary/aromatic N) is 2. The molecule has 2 heterocycles. The van der Waals surface area contributed by atoms with Gasteiger partial charge in [0.25, 0.3) is 5.91 Å². The molecule has 1 aromatic carbocycles. The van der Waals surface area contributed by atoms with E-state index in [2.05, 4.69) is 10.3 Å². The standard InChI is InChI=1S/C17H17N3O2/c1-20-11-15(14-4-3-9-18-16(14)20)17(21)19-10-12-5-7-13(22-2)8-6-12/h3-9,11H,10H2,1-2H3,(H,19,21). The Morgan fingerprint density at radius 2 is 2.05 bits per heavy atom. The number of aryl methyl sites for hydroxylation is 1. The Morgan fingerprint density at radius 3 is 2.77 bits per heavy atom. The molecule has 3 aromatic rings. The van der Waals surface area contributed by atoms with Crippen LogP contribution in [-0.2, 0) is 13.6 Å². The molecule has 0 aliphatic rings. The van der Waals surface area contributed by atoms with E-state index in [1.807, 2.05) is 48.0 Å². The highest BCUT2D eigenvalue weighted by molar-refractivity contribution is 6.06. The summed E-state index contributed by atoms with van der Waals surface area (Å²) in [5.74, 6) is 0.699. The Kier molecular flexibility index (Phi) is 3.78. The number of ether oxygens (including phenoxy) is 1. The lowest BCUT2D eigenvalue weighted by molar-refractivity contribution is 0.0952. The average molecular weight is 295 g/mol. The van der Waals surface area contributed by atoms with Gasteiger partial charge in [-0.1, -0.05) is 12.1 Å². The van der Waals surface area contributed by atoms with Crippen LogP contribution in [0, 0.1) is 0 Å². The van der Waals surface area contributed by atoms with E-state index in [4.69, 9.17) is 4.74 Å². The predicted octanol–water partition coefficient (Wildman–Crippen LogP) is 2.51. The number of fused-ring (bicyclic) bond motifs is 1. The van der Waals surface area contributed by atoms with E-state index in [0.717, 1.165) is 22.3 Å². The molecule has 0 aliphatic carbocycles. The van der Waals surface area contributed by atoms with Crippen LogP contribution in [0.25, 0.3) is 11.0 Å². The summed E-state index contributed by atoms with van der Waals surface area (Å²) in [6, 6.07) is 11.4. The van der Waals surface area contributed by atoms with Gasteiger partial charge in [0.05, 0.1) is 12.7 Å². The van der Waals surface area contributed by atoms with E-state index in [9.17, 15) is 4.79 Å². The Bertz CT molecular complexity index is 806. The summed E-state index contributed by atoms with van der Waals surface area (Å²) >= 11 is 0. The second-order valence-corrected chi connectivity index (χ2v) is 5.06. The van der Waals surface area contributed by atoms with Crippen molar-refractivity contribution in [3.05, 3.63) is 59.9 Å². The third-order valence-corrected chi connectivity index (χ3v) is 3.59. The lowest BCUT2D eigenvalue weighted by Gasteiger charge is -2.05. The molecule has 5 nitrogen and oxygen atoms in total. The molecule has 1 amide bonds. The van der Waals surface area contributed by atoms with Gasteiger partial charge in [-0.15, -0.1) is 0 Å². The molecule has 0 aliphatic heterocycles. The van der Waals surface area contributed by atoms with E-state index in [0.29, 0.717) is 12.1 Å². The number of amides is 1. The van der Waals surface area contributed by atoms with Crippen molar-refractivity contribution in [3.63, 3.8) is 0 Å². The fourth-order valence-corrected chi connectivity index (χ4v) is 2.41. The highest BCUT2D eigenvalue weighted by Crippen LogP contribution is 2.18. The molecule has 0 spiro atoms. The average Bonchev–Trinajstić information content (AvgIpc) is 2.91. The third kappa shape index (κ3) is 2.65. The van der Waals surface area contributed by atoms with Crippen molar-refractivity contribution in [2.45, 2.75) is 6.54 Å². The molecule has 3 rings (SSSR count). The summed E-state index contributed by atoms with van der Waals surface area (Å²) in [4.78, 5) is 16.7. The van der Waals surface area contributed by atoms with E-state index in [1.165, 1.54) is 0 Å². The van der Waals surface area contributed by atoms with Gasteiger partial charge in [-0.3, -0.25) is 4.79 Å². The van der Waals surface area contributed by atoms with Gasteiger partial charge in [-0.05, 0) is 29.8 Å². The molecule has 0 unspecified atom stereocenters. The predicted molar refractivity (Wildman–Crippen MR) is 84.9 cm³/mol. The number of methoxy groups -OCH3 is 1. The van der Waals surface area contributed by atoms with Crippen LogP contribution >= 0.6 is 0 Å². The van der Waals surface area contributed by atoms with Crippen molar-refractivity contribution in [2.24, 2.45) is 7.05 Å². The van der Waals surface area contributed by atoms with Crippen molar-refractivity contribution in [2.75, 3.05) is 7.11 Å². The number of nitrogens with one attached hydrogen (secondary N) is 1. The first kappa shape index (κ1) is 14.1. The minimum absolute atomic E-state index is 0.102. The quantitative estimate of drug-likeness (QED) is 0.804. The zero-order valence-electron chi connectivity index (χ0n) is 12.5. The van der Waals surface area contributed by atoms with Crippen molar-refractivity contribution in [1.29, 1.82) is 0 Å². The normalized spacial score (nSPS) is 10.6. The Hall–Kier alpha value is -2.82. The number of carbonyl (C=O) groups is 1. The topological polar surface area (TPSA) is 56.1 Å². The molecule has 0 bridgehead atoms. The van der Waals surface area contributed by atoms with Gasteiger partial charge in [0.2, 0.25) is 0 Å². The molecule has 0 saturated heterocycles. The number of aromatic nitrogens is 2. The fourth-order valence-electron chi connectivity index (χ4n) is 2.41. The summed E-state index contributed by atoms with van der Waals surface area (Å²) in [5.41, 5.74) is 2.46. The fraction of sp³-hybridized carbons (Fsp3) is 0.176.